The summed E-state index contributed by atoms with van der Waals surface area (Å²) in [4.78, 5) is 0. The van der Waals surface area contributed by atoms with Crippen molar-refractivity contribution in [2.24, 2.45) is 0 Å². The highest BCUT2D eigenvalue weighted by Gasteiger charge is 2.12. The Hall–Kier alpha value is 0.467. The minimum absolute atomic E-state index is 0.0644. The number of hydrogen-bond acceptors (Lipinski definition) is 1. The van der Waals surface area contributed by atoms with Gasteiger partial charge in [0.15, 0.2) is 0 Å². The molecule has 1 nitrogen and oxygen atoms in total. The molecule has 0 spiro atoms. The number of halogens is 1. The van der Waals surface area contributed by atoms with Crippen LogP contribution in [0.25, 0.3) is 0 Å². The standard InChI is InChI=1S/C9H19ClOSi/c10-6-2-4-8-12-9-5-1-3-7-11-9/h9H,1-8,12H2. The molecular weight excluding hydrogens is 188 g/mol. The molecule has 0 aliphatic carbocycles. The summed E-state index contributed by atoms with van der Waals surface area (Å²) in [6.45, 7) is 1.02. The van der Waals surface area contributed by atoms with E-state index in [1.54, 1.807) is 0 Å². The smallest absolute Gasteiger partial charge is 0.0555 e. The first-order valence-corrected chi connectivity index (χ1v) is 7.46. The number of rotatable bonds is 5. The Morgan fingerprint density at radius 3 is 2.92 bits per heavy atom. The summed E-state index contributed by atoms with van der Waals surface area (Å²) >= 11 is 5.61. The van der Waals surface area contributed by atoms with Gasteiger partial charge in [0.25, 0.3) is 0 Å². The maximum absolute atomic E-state index is 5.69. The van der Waals surface area contributed by atoms with Gasteiger partial charge in [0, 0.05) is 18.2 Å². The van der Waals surface area contributed by atoms with Gasteiger partial charge in [-0.1, -0.05) is 12.5 Å². The summed E-state index contributed by atoms with van der Waals surface area (Å²) in [7, 11) is 0.0644. The highest BCUT2D eigenvalue weighted by atomic mass is 35.5. The first-order valence-electron chi connectivity index (χ1n) is 5.11. The van der Waals surface area contributed by atoms with Crippen molar-refractivity contribution >= 4 is 21.1 Å². The average Bonchev–Trinajstić information content (AvgIpc) is 2.14. The molecule has 0 saturated carbocycles. The Bertz CT molecular complexity index is 105. The lowest BCUT2D eigenvalue weighted by Crippen LogP contribution is -2.25. The molecule has 72 valence electrons. The molecule has 1 aliphatic rings. The van der Waals surface area contributed by atoms with E-state index in [0.29, 0.717) is 5.73 Å². The third-order valence-corrected chi connectivity index (χ3v) is 4.90. The zero-order valence-corrected chi connectivity index (χ0v) is 9.90. The number of hydrogen-bond donors (Lipinski definition) is 0. The molecule has 0 amide bonds. The highest BCUT2D eigenvalue weighted by Crippen LogP contribution is 2.13. The van der Waals surface area contributed by atoms with Crippen LogP contribution in [-0.2, 0) is 4.74 Å². The first-order chi connectivity index (χ1) is 5.93. The van der Waals surface area contributed by atoms with Crippen LogP contribution in [0, 0.1) is 0 Å². The summed E-state index contributed by atoms with van der Waals surface area (Å²) < 4.78 is 5.69. The van der Waals surface area contributed by atoms with E-state index >= 15 is 0 Å². The molecule has 1 saturated heterocycles. The summed E-state index contributed by atoms with van der Waals surface area (Å²) in [6, 6.07) is 1.43. The van der Waals surface area contributed by atoms with Gasteiger partial charge < -0.3 is 4.74 Å². The normalized spacial score (nSPS) is 25.2. The Morgan fingerprint density at radius 1 is 1.33 bits per heavy atom. The van der Waals surface area contributed by atoms with E-state index in [9.17, 15) is 0 Å². The van der Waals surface area contributed by atoms with Crippen LogP contribution in [0.3, 0.4) is 0 Å². The third kappa shape index (κ3) is 4.48. The molecule has 12 heavy (non-hydrogen) atoms. The minimum Gasteiger partial charge on any atom is -0.382 e. The molecule has 1 fully saturated rings. The maximum Gasteiger partial charge on any atom is 0.0555 e. The summed E-state index contributed by atoms with van der Waals surface area (Å²) in [6.07, 6.45) is 6.55. The van der Waals surface area contributed by atoms with E-state index in [0.717, 1.165) is 12.5 Å². The van der Waals surface area contributed by atoms with Crippen LogP contribution in [0.5, 0.6) is 0 Å². The van der Waals surface area contributed by atoms with Crippen molar-refractivity contribution < 1.29 is 4.74 Å². The Morgan fingerprint density at radius 2 is 2.25 bits per heavy atom. The van der Waals surface area contributed by atoms with Crippen molar-refractivity contribution in [1.82, 2.24) is 0 Å². The van der Waals surface area contributed by atoms with Gasteiger partial charge in [0.05, 0.1) is 9.52 Å². The summed E-state index contributed by atoms with van der Waals surface area (Å²) in [5, 5.41) is 0. The van der Waals surface area contributed by atoms with Gasteiger partial charge in [-0.3, -0.25) is 0 Å². The second-order valence-electron chi connectivity index (χ2n) is 3.53. The second-order valence-corrected chi connectivity index (χ2v) is 6.10. The molecule has 3 heteroatoms. The van der Waals surface area contributed by atoms with E-state index in [1.165, 1.54) is 38.1 Å². The van der Waals surface area contributed by atoms with Crippen molar-refractivity contribution in [2.45, 2.75) is 43.9 Å². The SMILES string of the molecule is ClCCCC[SiH2]C1CCCCO1. The lowest BCUT2D eigenvalue weighted by atomic mass is 10.2. The maximum atomic E-state index is 5.69. The molecular formula is C9H19ClOSi. The van der Waals surface area contributed by atoms with Crippen LogP contribution in [0.4, 0.5) is 0 Å². The number of unbranched alkanes of at least 4 members (excludes halogenated alkanes) is 1. The van der Waals surface area contributed by atoms with Crippen molar-refractivity contribution in [1.29, 1.82) is 0 Å². The lowest BCUT2D eigenvalue weighted by molar-refractivity contribution is 0.0649. The van der Waals surface area contributed by atoms with E-state index in [4.69, 9.17) is 16.3 Å². The van der Waals surface area contributed by atoms with Crippen LogP contribution in [0.2, 0.25) is 6.04 Å². The fourth-order valence-electron chi connectivity index (χ4n) is 1.68. The predicted molar refractivity (Wildman–Crippen MR) is 56.9 cm³/mol. The van der Waals surface area contributed by atoms with Crippen LogP contribution >= 0.6 is 11.6 Å². The monoisotopic (exact) mass is 206 g/mol. The van der Waals surface area contributed by atoms with Crippen molar-refractivity contribution in [3.8, 4) is 0 Å². The third-order valence-electron chi connectivity index (χ3n) is 2.43. The fourth-order valence-corrected chi connectivity index (χ4v) is 3.88. The zero-order chi connectivity index (χ0) is 8.65. The van der Waals surface area contributed by atoms with Crippen molar-refractivity contribution in [2.75, 3.05) is 12.5 Å². The van der Waals surface area contributed by atoms with E-state index in [-0.39, 0.29) is 9.52 Å². The van der Waals surface area contributed by atoms with E-state index in [1.807, 2.05) is 0 Å². The van der Waals surface area contributed by atoms with Gasteiger partial charge in [0.1, 0.15) is 0 Å². The van der Waals surface area contributed by atoms with Crippen LogP contribution in [0.15, 0.2) is 0 Å². The van der Waals surface area contributed by atoms with Crippen molar-refractivity contribution in [3.63, 3.8) is 0 Å². The highest BCUT2D eigenvalue weighted by molar-refractivity contribution is 6.37. The Balaban J connectivity index is 1.91. The number of alkyl halides is 1. The van der Waals surface area contributed by atoms with Gasteiger partial charge >= 0.3 is 0 Å². The van der Waals surface area contributed by atoms with Gasteiger partial charge in [-0.15, -0.1) is 11.6 Å². The predicted octanol–water partition coefficient (Wildman–Crippen LogP) is 2.12. The molecule has 0 radical (unpaired) electrons. The second kappa shape index (κ2) is 6.93. The average molecular weight is 207 g/mol. The zero-order valence-electron chi connectivity index (χ0n) is 7.73. The molecule has 1 atom stereocenters. The molecule has 1 unspecified atom stereocenters. The topological polar surface area (TPSA) is 9.23 Å². The molecule has 0 aromatic heterocycles. The molecule has 1 heterocycles. The number of ether oxygens (including phenoxy) is 1. The molecule has 1 aliphatic heterocycles. The first kappa shape index (κ1) is 10.5. The van der Waals surface area contributed by atoms with Crippen LogP contribution in [-0.4, -0.2) is 27.7 Å². The largest absolute Gasteiger partial charge is 0.382 e. The van der Waals surface area contributed by atoms with Gasteiger partial charge in [0.2, 0.25) is 0 Å². The summed E-state index contributed by atoms with van der Waals surface area (Å²) in [5.41, 5.74) is 0.703. The van der Waals surface area contributed by atoms with Crippen molar-refractivity contribution in [3.05, 3.63) is 0 Å². The molecule has 0 bridgehead atoms. The minimum atomic E-state index is 0.0644. The fraction of sp³-hybridized carbons (Fsp3) is 1.00. The molecule has 0 N–H and O–H groups in total. The summed E-state index contributed by atoms with van der Waals surface area (Å²) in [5.74, 6) is 0.833. The Kier molecular flexibility index (Phi) is 6.09. The van der Waals surface area contributed by atoms with Gasteiger partial charge in [-0.25, -0.2) is 0 Å². The van der Waals surface area contributed by atoms with E-state index in [2.05, 4.69) is 0 Å². The van der Waals surface area contributed by atoms with E-state index < -0.39 is 0 Å². The molecule has 1 rings (SSSR count). The molecule has 0 aromatic rings. The van der Waals surface area contributed by atoms with Crippen LogP contribution in [0.1, 0.15) is 32.1 Å². The Labute approximate surface area is 82.6 Å². The van der Waals surface area contributed by atoms with Gasteiger partial charge in [-0.05, 0) is 25.7 Å². The quantitative estimate of drug-likeness (QED) is 0.381. The lowest BCUT2D eigenvalue weighted by Gasteiger charge is -2.21. The van der Waals surface area contributed by atoms with Crippen LogP contribution < -0.4 is 0 Å². The van der Waals surface area contributed by atoms with Gasteiger partial charge in [-0.2, -0.15) is 0 Å². The molecule has 0 aromatic carbocycles.